The number of aromatic nitrogens is 1. The van der Waals surface area contributed by atoms with Gasteiger partial charge in [0.05, 0.1) is 17.4 Å². The lowest BCUT2D eigenvalue weighted by Crippen LogP contribution is -2.18. The number of amides is 1. The molecular formula is C18H19FN2O3. The lowest BCUT2D eigenvalue weighted by atomic mass is 10.2. The van der Waals surface area contributed by atoms with Gasteiger partial charge in [-0.2, -0.15) is 0 Å². The number of halogens is 1. The predicted molar refractivity (Wildman–Crippen MR) is 87.8 cm³/mol. The zero-order valence-electron chi connectivity index (χ0n) is 13.4. The van der Waals surface area contributed by atoms with E-state index in [-0.39, 0.29) is 12.0 Å². The molecule has 0 aliphatic carbocycles. The number of anilines is 1. The summed E-state index contributed by atoms with van der Waals surface area (Å²) in [6.07, 6.45) is 3.48. The SMILES string of the molecule is Cc1ccc(C(=O)Nc2cc(F)ccc2OCC2CCCO2)cn1. The average molecular weight is 330 g/mol. The third-order valence-corrected chi connectivity index (χ3v) is 3.81. The third kappa shape index (κ3) is 4.08. The van der Waals surface area contributed by atoms with Gasteiger partial charge < -0.3 is 14.8 Å². The fraction of sp³-hybridized carbons (Fsp3) is 0.333. The van der Waals surface area contributed by atoms with Crippen LogP contribution in [0, 0.1) is 12.7 Å². The minimum atomic E-state index is -0.447. The molecule has 24 heavy (non-hydrogen) atoms. The van der Waals surface area contributed by atoms with Crippen molar-refractivity contribution >= 4 is 11.6 Å². The number of rotatable bonds is 5. The van der Waals surface area contributed by atoms with Gasteiger partial charge in [0.25, 0.3) is 5.91 Å². The molecule has 3 rings (SSSR count). The number of hydrogen-bond donors (Lipinski definition) is 1. The quantitative estimate of drug-likeness (QED) is 0.913. The summed E-state index contributed by atoms with van der Waals surface area (Å²) in [6.45, 7) is 2.95. The molecule has 5 nitrogen and oxygen atoms in total. The van der Waals surface area contributed by atoms with Crippen molar-refractivity contribution in [1.29, 1.82) is 0 Å². The van der Waals surface area contributed by atoms with Crippen molar-refractivity contribution < 1.29 is 18.7 Å². The molecule has 1 amide bonds. The van der Waals surface area contributed by atoms with Crippen molar-refractivity contribution in [3.05, 3.63) is 53.6 Å². The monoisotopic (exact) mass is 330 g/mol. The Kier molecular flexibility index (Phi) is 5.05. The van der Waals surface area contributed by atoms with Crippen LogP contribution in [0.3, 0.4) is 0 Å². The minimum absolute atomic E-state index is 0.0416. The summed E-state index contributed by atoms with van der Waals surface area (Å²) in [5.41, 5.74) is 1.51. The summed E-state index contributed by atoms with van der Waals surface area (Å²) in [7, 11) is 0. The van der Waals surface area contributed by atoms with Gasteiger partial charge in [-0.25, -0.2) is 4.39 Å². The van der Waals surface area contributed by atoms with Gasteiger partial charge in [0.15, 0.2) is 0 Å². The number of pyridine rings is 1. The second-order valence-electron chi connectivity index (χ2n) is 5.73. The van der Waals surface area contributed by atoms with E-state index in [9.17, 15) is 9.18 Å². The lowest BCUT2D eigenvalue weighted by molar-refractivity contribution is 0.0681. The van der Waals surface area contributed by atoms with Crippen LogP contribution in [-0.2, 0) is 4.74 Å². The van der Waals surface area contributed by atoms with E-state index in [1.165, 1.54) is 24.4 Å². The van der Waals surface area contributed by atoms with Crippen molar-refractivity contribution in [2.45, 2.75) is 25.9 Å². The number of carbonyl (C=O) groups excluding carboxylic acids is 1. The van der Waals surface area contributed by atoms with Gasteiger partial charge in [-0.05, 0) is 44.0 Å². The first-order valence-corrected chi connectivity index (χ1v) is 7.90. The molecule has 126 valence electrons. The molecule has 0 spiro atoms. The highest BCUT2D eigenvalue weighted by atomic mass is 19.1. The first-order valence-electron chi connectivity index (χ1n) is 7.90. The highest BCUT2D eigenvalue weighted by molar-refractivity contribution is 6.04. The summed E-state index contributed by atoms with van der Waals surface area (Å²) in [5, 5.41) is 2.68. The maximum atomic E-state index is 13.6. The van der Waals surface area contributed by atoms with Crippen LogP contribution >= 0.6 is 0 Å². The Labute approximate surface area is 139 Å². The molecule has 1 atom stereocenters. The zero-order chi connectivity index (χ0) is 16.9. The number of hydrogen-bond acceptors (Lipinski definition) is 4. The van der Waals surface area contributed by atoms with Crippen molar-refractivity contribution in [1.82, 2.24) is 4.98 Å². The van der Waals surface area contributed by atoms with Crippen molar-refractivity contribution in [2.24, 2.45) is 0 Å². The second kappa shape index (κ2) is 7.40. The summed E-state index contributed by atoms with van der Waals surface area (Å²) in [5.74, 6) is -0.396. The normalized spacial score (nSPS) is 16.8. The molecule has 1 fully saturated rings. The molecule has 0 saturated carbocycles. The highest BCUT2D eigenvalue weighted by Crippen LogP contribution is 2.27. The van der Waals surface area contributed by atoms with E-state index in [0.29, 0.717) is 23.6 Å². The molecule has 1 aliphatic rings. The maximum Gasteiger partial charge on any atom is 0.257 e. The van der Waals surface area contributed by atoms with Crippen LogP contribution in [0.4, 0.5) is 10.1 Å². The Bertz CT molecular complexity index is 713. The maximum absolute atomic E-state index is 13.6. The minimum Gasteiger partial charge on any atom is -0.489 e. The van der Waals surface area contributed by atoms with Crippen LogP contribution in [0.5, 0.6) is 5.75 Å². The third-order valence-electron chi connectivity index (χ3n) is 3.81. The zero-order valence-corrected chi connectivity index (χ0v) is 13.4. The van der Waals surface area contributed by atoms with Crippen LogP contribution in [0.2, 0.25) is 0 Å². The number of nitrogens with one attached hydrogen (secondary N) is 1. The Balaban J connectivity index is 1.72. The molecule has 6 heteroatoms. The smallest absolute Gasteiger partial charge is 0.257 e. The second-order valence-corrected chi connectivity index (χ2v) is 5.73. The average Bonchev–Trinajstić information content (AvgIpc) is 3.08. The summed E-state index contributed by atoms with van der Waals surface area (Å²) in [4.78, 5) is 16.4. The van der Waals surface area contributed by atoms with Crippen LogP contribution in [0.15, 0.2) is 36.5 Å². The lowest BCUT2D eigenvalue weighted by Gasteiger charge is -2.15. The van der Waals surface area contributed by atoms with Gasteiger partial charge in [-0.15, -0.1) is 0 Å². The molecule has 1 aromatic carbocycles. The Hall–Kier alpha value is -2.47. The van der Waals surface area contributed by atoms with Gasteiger partial charge in [0.2, 0.25) is 0 Å². The molecule has 0 bridgehead atoms. The molecule has 1 N–H and O–H groups in total. The Morgan fingerprint density at radius 2 is 2.29 bits per heavy atom. The molecule has 0 radical (unpaired) electrons. The van der Waals surface area contributed by atoms with E-state index in [1.807, 2.05) is 6.92 Å². The van der Waals surface area contributed by atoms with Gasteiger partial charge in [0, 0.05) is 24.6 Å². The molecular weight excluding hydrogens is 311 g/mol. The molecule has 1 aromatic heterocycles. The number of ether oxygens (including phenoxy) is 2. The summed E-state index contributed by atoms with van der Waals surface area (Å²) in [6, 6.07) is 7.46. The molecule has 1 unspecified atom stereocenters. The van der Waals surface area contributed by atoms with Gasteiger partial charge in [-0.1, -0.05) is 0 Å². The topological polar surface area (TPSA) is 60.5 Å². The van der Waals surface area contributed by atoms with E-state index < -0.39 is 5.82 Å². The molecule has 1 saturated heterocycles. The number of carbonyl (C=O) groups is 1. The van der Waals surface area contributed by atoms with Crippen molar-refractivity contribution in [2.75, 3.05) is 18.5 Å². The van der Waals surface area contributed by atoms with E-state index >= 15 is 0 Å². The molecule has 2 aromatic rings. The van der Waals surface area contributed by atoms with Gasteiger partial charge in [-0.3, -0.25) is 9.78 Å². The van der Waals surface area contributed by atoms with Crippen LogP contribution in [0.25, 0.3) is 0 Å². The number of nitrogens with zero attached hydrogens (tertiary/aromatic N) is 1. The van der Waals surface area contributed by atoms with Crippen LogP contribution in [-0.4, -0.2) is 30.2 Å². The molecule has 1 aliphatic heterocycles. The van der Waals surface area contributed by atoms with Gasteiger partial charge in [0.1, 0.15) is 18.2 Å². The summed E-state index contributed by atoms with van der Waals surface area (Å²) >= 11 is 0. The Morgan fingerprint density at radius 1 is 1.42 bits per heavy atom. The first-order chi connectivity index (χ1) is 11.6. The predicted octanol–water partition coefficient (Wildman–Crippen LogP) is 3.34. The fourth-order valence-electron chi connectivity index (χ4n) is 2.48. The van der Waals surface area contributed by atoms with Crippen molar-refractivity contribution in [3.8, 4) is 5.75 Å². The fourth-order valence-corrected chi connectivity index (χ4v) is 2.48. The van der Waals surface area contributed by atoms with Crippen LogP contribution < -0.4 is 10.1 Å². The highest BCUT2D eigenvalue weighted by Gasteiger charge is 2.18. The van der Waals surface area contributed by atoms with E-state index in [2.05, 4.69) is 10.3 Å². The van der Waals surface area contributed by atoms with E-state index in [0.717, 1.165) is 25.1 Å². The van der Waals surface area contributed by atoms with Gasteiger partial charge >= 0.3 is 0 Å². The Morgan fingerprint density at radius 3 is 3.00 bits per heavy atom. The van der Waals surface area contributed by atoms with E-state index in [4.69, 9.17) is 9.47 Å². The van der Waals surface area contributed by atoms with Crippen LogP contribution in [0.1, 0.15) is 28.9 Å². The largest absolute Gasteiger partial charge is 0.489 e. The number of benzene rings is 1. The van der Waals surface area contributed by atoms with E-state index in [1.54, 1.807) is 12.1 Å². The number of aryl methyl sites for hydroxylation is 1. The van der Waals surface area contributed by atoms with Crippen molar-refractivity contribution in [3.63, 3.8) is 0 Å². The first kappa shape index (κ1) is 16.4. The molecule has 2 heterocycles. The standard InChI is InChI=1S/C18H19FN2O3/c1-12-4-5-13(10-20-12)18(22)21-16-9-14(19)6-7-17(16)24-11-15-3-2-8-23-15/h4-7,9-10,15H,2-3,8,11H2,1H3,(H,21,22). The summed E-state index contributed by atoms with van der Waals surface area (Å²) < 4.78 is 24.8.